The van der Waals surface area contributed by atoms with Crippen LogP contribution in [-0.2, 0) is 4.74 Å². The normalized spacial score (nSPS) is 21.3. The predicted octanol–water partition coefficient (Wildman–Crippen LogP) is 2.90. The summed E-state index contributed by atoms with van der Waals surface area (Å²) in [6.07, 6.45) is 0.725. The number of ether oxygens (including phenoxy) is 1. The number of hydrogen-bond acceptors (Lipinski definition) is 3. The molecule has 1 amide bonds. The fraction of sp³-hybridized carbons (Fsp3) is 0.400. The largest absolute Gasteiger partial charge is 0.506 e. The molecule has 1 aliphatic rings. The Morgan fingerprint density at radius 2 is 2.33 bits per heavy atom. The first-order valence-corrected chi connectivity index (χ1v) is 7.01. The number of halogens is 2. The summed E-state index contributed by atoms with van der Waals surface area (Å²) in [6.45, 7) is 6.73. The Labute approximate surface area is 127 Å². The van der Waals surface area contributed by atoms with Crippen molar-refractivity contribution in [1.29, 1.82) is 0 Å². The van der Waals surface area contributed by atoms with Gasteiger partial charge >= 0.3 is 0 Å². The van der Waals surface area contributed by atoms with Crippen molar-refractivity contribution in [2.75, 3.05) is 13.2 Å². The third-order valence-corrected chi connectivity index (χ3v) is 3.79. The van der Waals surface area contributed by atoms with Crippen molar-refractivity contribution in [1.82, 2.24) is 5.32 Å². The lowest BCUT2D eigenvalue weighted by molar-refractivity contribution is 0.0923. The first-order chi connectivity index (χ1) is 9.90. The zero-order valence-corrected chi connectivity index (χ0v) is 12.4. The van der Waals surface area contributed by atoms with E-state index in [1.54, 1.807) is 0 Å². The highest BCUT2D eigenvalue weighted by Gasteiger charge is 2.29. The number of phenolic OH excluding ortho intramolecular Hbond substituents is 1. The van der Waals surface area contributed by atoms with Crippen LogP contribution < -0.4 is 5.32 Å². The molecule has 4 nitrogen and oxygen atoms in total. The summed E-state index contributed by atoms with van der Waals surface area (Å²) >= 11 is 5.65. The predicted molar refractivity (Wildman–Crippen MR) is 78.1 cm³/mol. The summed E-state index contributed by atoms with van der Waals surface area (Å²) in [5.41, 5.74) is 0.731. The van der Waals surface area contributed by atoms with Gasteiger partial charge in [0, 0.05) is 19.1 Å². The molecule has 2 rings (SSSR count). The second-order valence-electron chi connectivity index (χ2n) is 5.18. The SMILES string of the molecule is C=C(C)C1OCCC1CNC(=O)c1cc(F)cc(Cl)c1O. The quantitative estimate of drug-likeness (QED) is 0.840. The Morgan fingerprint density at radius 3 is 3.00 bits per heavy atom. The van der Waals surface area contributed by atoms with E-state index in [2.05, 4.69) is 11.9 Å². The second-order valence-corrected chi connectivity index (χ2v) is 5.59. The summed E-state index contributed by atoms with van der Waals surface area (Å²) in [6, 6.07) is 1.91. The highest BCUT2D eigenvalue weighted by atomic mass is 35.5. The number of nitrogens with one attached hydrogen (secondary N) is 1. The topological polar surface area (TPSA) is 58.6 Å². The molecule has 1 fully saturated rings. The molecule has 0 aromatic heterocycles. The standard InChI is InChI=1S/C15H17ClFNO3/c1-8(2)14-9(3-4-21-14)7-18-15(20)11-5-10(17)6-12(16)13(11)19/h5-6,9,14,19H,1,3-4,7H2,2H3,(H,18,20). The van der Waals surface area contributed by atoms with Crippen LogP contribution in [-0.4, -0.2) is 30.3 Å². The number of benzene rings is 1. The maximum Gasteiger partial charge on any atom is 0.255 e. The van der Waals surface area contributed by atoms with Crippen LogP contribution in [0.25, 0.3) is 0 Å². The van der Waals surface area contributed by atoms with Gasteiger partial charge in [-0.15, -0.1) is 0 Å². The lowest BCUT2D eigenvalue weighted by Gasteiger charge is -2.19. The van der Waals surface area contributed by atoms with E-state index in [-0.39, 0.29) is 22.6 Å². The monoisotopic (exact) mass is 313 g/mol. The highest BCUT2D eigenvalue weighted by molar-refractivity contribution is 6.32. The first kappa shape index (κ1) is 15.8. The molecule has 114 valence electrons. The van der Waals surface area contributed by atoms with Gasteiger partial charge in [0.1, 0.15) is 11.6 Å². The van der Waals surface area contributed by atoms with Crippen LogP contribution in [0.2, 0.25) is 5.02 Å². The molecule has 2 unspecified atom stereocenters. The van der Waals surface area contributed by atoms with Crippen LogP contribution in [0.4, 0.5) is 4.39 Å². The third kappa shape index (κ3) is 3.54. The number of carbonyl (C=O) groups is 1. The van der Waals surface area contributed by atoms with Gasteiger partial charge < -0.3 is 15.2 Å². The Bertz CT molecular complexity index is 576. The van der Waals surface area contributed by atoms with E-state index >= 15 is 0 Å². The molecule has 1 aliphatic heterocycles. The highest BCUT2D eigenvalue weighted by Crippen LogP contribution is 2.29. The van der Waals surface area contributed by atoms with E-state index in [4.69, 9.17) is 16.3 Å². The number of rotatable bonds is 4. The van der Waals surface area contributed by atoms with Crippen molar-refractivity contribution >= 4 is 17.5 Å². The summed E-state index contributed by atoms with van der Waals surface area (Å²) in [4.78, 5) is 12.0. The van der Waals surface area contributed by atoms with Crippen molar-refractivity contribution < 1.29 is 19.0 Å². The van der Waals surface area contributed by atoms with Gasteiger partial charge in [-0.1, -0.05) is 23.8 Å². The van der Waals surface area contributed by atoms with Crippen molar-refractivity contribution in [2.24, 2.45) is 5.92 Å². The van der Waals surface area contributed by atoms with E-state index in [1.165, 1.54) is 0 Å². The number of amides is 1. The number of phenols is 1. The zero-order chi connectivity index (χ0) is 15.6. The Balaban J connectivity index is 2.04. The Kier molecular flexibility index (Phi) is 4.85. The van der Waals surface area contributed by atoms with Crippen molar-refractivity contribution in [3.63, 3.8) is 0 Å². The third-order valence-electron chi connectivity index (χ3n) is 3.50. The van der Waals surface area contributed by atoms with Gasteiger partial charge in [0.05, 0.1) is 16.7 Å². The number of hydrogen-bond donors (Lipinski definition) is 2. The molecular weight excluding hydrogens is 297 g/mol. The van der Waals surface area contributed by atoms with Crippen LogP contribution >= 0.6 is 11.6 Å². The summed E-state index contributed by atoms with van der Waals surface area (Å²) < 4.78 is 18.8. The molecule has 0 spiro atoms. The molecule has 1 aromatic rings. The van der Waals surface area contributed by atoms with Gasteiger partial charge in [0.15, 0.2) is 0 Å². The van der Waals surface area contributed by atoms with Gasteiger partial charge in [-0.05, 0) is 25.5 Å². The average molecular weight is 314 g/mol. The Hall–Kier alpha value is -1.59. The zero-order valence-electron chi connectivity index (χ0n) is 11.7. The summed E-state index contributed by atoms with van der Waals surface area (Å²) in [5.74, 6) is -1.54. The van der Waals surface area contributed by atoms with E-state index < -0.39 is 17.5 Å². The molecule has 2 N–H and O–H groups in total. The lowest BCUT2D eigenvalue weighted by atomic mass is 9.97. The van der Waals surface area contributed by atoms with Crippen LogP contribution in [0.3, 0.4) is 0 Å². The maximum atomic E-state index is 13.3. The van der Waals surface area contributed by atoms with E-state index in [1.807, 2.05) is 6.92 Å². The van der Waals surface area contributed by atoms with Gasteiger partial charge in [0.2, 0.25) is 0 Å². The fourth-order valence-electron chi connectivity index (χ4n) is 2.45. The summed E-state index contributed by atoms with van der Waals surface area (Å²) in [5, 5.41) is 12.2. The molecule has 0 bridgehead atoms. The average Bonchev–Trinajstić information content (AvgIpc) is 2.88. The number of aromatic hydroxyl groups is 1. The molecule has 0 radical (unpaired) electrons. The molecule has 6 heteroatoms. The van der Waals surface area contributed by atoms with Gasteiger partial charge in [-0.25, -0.2) is 4.39 Å². The molecule has 0 aliphatic carbocycles. The van der Waals surface area contributed by atoms with E-state index in [0.717, 1.165) is 24.1 Å². The Morgan fingerprint density at radius 1 is 1.62 bits per heavy atom. The van der Waals surface area contributed by atoms with Gasteiger partial charge in [-0.3, -0.25) is 4.79 Å². The van der Waals surface area contributed by atoms with Gasteiger partial charge in [-0.2, -0.15) is 0 Å². The minimum absolute atomic E-state index is 0.0880. The lowest BCUT2D eigenvalue weighted by Crippen LogP contribution is -2.33. The van der Waals surface area contributed by atoms with E-state index in [0.29, 0.717) is 13.2 Å². The van der Waals surface area contributed by atoms with Crippen molar-refractivity contribution in [3.05, 3.63) is 40.7 Å². The van der Waals surface area contributed by atoms with Crippen molar-refractivity contribution in [2.45, 2.75) is 19.4 Å². The van der Waals surface area contributed by atoms with Crippen LogP contribution in [0.15, 0.2) is 24.3 Å². The molecule has 1 aromatic carbocycles. The first-order valence-electron chi connectivity index (χ1n) is 6.63. The second kappa shape index (κ2) is 6.45. The molecule has 1 heterocycles. The van der Waals surface area contributed by atoms with Crippen LogP contribution in [0, 0.1) is 11.7 Å². The summed E-state index contributed by atoms with van der Waals surface area (Å²) in [7, 11) is 0. The minimum atomic E-state index is -0.674. The molecule has 1 saturated heterocycles. The molecule has 0 saturated carbocycles. The van der Waals surface area contributed by atoms with Crippen molar-refractivity contribution in [3.8, 4) is 5.75 Å². The van der Waals surface area contributed by atoms with Crippen LogP contribution in [0.5, 0.6) is 5.75 Å². The fourth-order valence-corrected chi connectivity index (χ4v) is 2.65. The molecule has 2 atom stereocenters. The minimum Gasteiger partial charge on any atom is -0.506 e. The molecule has 21 heavy (non-hydrogen) atoms. The van der Waals surface area contributed by atoms with Crippen LogP contribution in [0.1, 0.15) is 23.7 Å². The maximum absolute atomic E-state index is 13.3. The van der Waals surface area contributed by atoms with E-state index in [9.17, 15) is 14.3 Å². The van der Waals surface area contributed by atoms with Gasteiger partial charge in [0.25, 0.3) is 5.91 Å². The molecular formula is C15H17ClFNO3. The smallest absolute Gasteiger partial charge is 0.255 e. The number of carbonyl (C=O) groups excluding carboxylic acids is 1.